The third kappa shape index (κ3) is 4.17. The van der Waals surface area contributed by atoms with Gasteiger partial charge in [-0.05, 0) is 43.2 Å². The Morgan fingerprint density at radius 1 is 1.48 bits per heavy atom. The van der Waals surface area contributed by atoms with Crippen LogP contribution in [0.5, 0.6) is 0 Å². The van der Waals surface area contributed by atoms with Gasteiger partial charge in [0, 0.05) is 18.9 Å². The number of thiophene rings is 1. The molecular formula is C16H22N4O2S. The highest BCUT2D eigenvalue weighted by Crippen LogP contribution is 2.25. The number of carbonyl (C=O) groups is 1. The molecule has 0 spiro atoms. The van der Waals surface area contributed by atoms with Gasteiger partial charge < -0.3 is 15.6 Å². The quantitative estimate of drug-likeness (QED) is 0.810. The van der Waals surface area contributed by atoms with Gasteiger partial charge in [-0.25, -0.2) is 0 Å². The maximum Gasteiger partial charge on any atom is 0.226 e. The smallest absolute Gasteiger partial charge is 0.226 e. The Balaban J connectivity index is 1.42. The summed E-state index contributed by atoms with van der Waals surface area (Å²) >= 11 is 1.58. The molecule has 23 heavy (non-hydrogen) atoms. The number of hydrogen-bond acceptors (Lipinski definition) is 6. The summed E-state index contributed by atoms with van der Waals surface area (Å²) in [4.78, 5) is 17.4. The molecule has 0 aliphatic heterocycles. The Kier molecular flexibility index (Phi) is 5.40. The zero-order chi connectivity index (χ0) is 16.1. The maximum atomic E-state index is 12.0. The predicted molar refractivity (Wildman–Crippen MR) is 88.9 cm³/mol. The lowest BCUT2D eigenvalue weighted by Crippen LogP contribution is -2.39. The fourth-order valence-corrected chi connectivity index (χ4v) is 3.70. The van der Waals surface area contributed by atoms with Crippen LogP contribution in [0, 0.1) is 5.92 Å². The lowest BCUT2D eigenvalue weighted by atomic mass is 10.0. The van der Waals surface area contributed by atoms with Crippen LogP contribution in [-0.4, -0.2) is 28.6 Å². The maximum absolute atomic E-state index is 12.0. The molecule has 2 unspecified atom stereocenters. The Bertz CT molecular complexity index is 626. The molecule has 2 atom stereocenters. The first kappa shape index (κ1) is 16.1. The molecule has 6 nitrogen and oxygen atoms in total. The number of aromatic nitrogens is 2. The minimum absolute atomic E-state index is 0.0911. The molecule has 1 fully saturated rings. The first-order valence-electron chi connectivity index (χ1n) is 8.12. The number of nitrogens with two attached hydrogens (primary N) is 1. The third-order valence-electron chi connectivity index (χ3n) is 4.31. The van der Waals surface area contributed by atoms with E-state index in [1.165, 1.54) is 0 Å². The first-order valence-corrected chi connectivity index (χ1v) is 9.00. The Morgan fingerprint density at radius 2 is 2.39 bits per heavy atom. The van der Waals surface area contributed by atoms with Crippen molar-refractivity contribution in [2.75, 3.05) is 6.54 Å². The highest BCUT2D eigenvalue weighted by Gasteiger charge is 2.27. The average Bonchev–Trinajstić information content (AvgIpc) is 3.28. The molecule has 3 N–H and O–H groups in total. The summed E-state index contributed by atoms with van der Waals surface area (Å²) in [6, 6.07) is 4.17. The van der Waals surface area contributed by atoms with E-state index in [1.54, 1.807) is 11.3 Å². The summed E-state index contributed by atoms with van der Waals surface area (Å²) in [5.41, 5.74) is 5.74. The number of aryl methyl sites for hydroxylation is 1. The second kappa shape index (κ2) is 7.70. The van der Waals surface area contributed by atoms with Crippen LogP contribution in [0.15, 0.2) is 22.0 Å². The standard InChI is InChI=1S/C16H22N4O2S/c17-10-11-4-1-5-12(11)18-14(21)7-2-8-15-19-16(20-22-15)13-6-3-9-23-13/h3,6,9,11-12H,1-2,4-5,7-8,10,17H2,(H,18,21). The van der Waals surface area contributed by atoms with Crippen molar-refractivity contribution in [3.8, 4) is 10.7 Å². The minimum atomic E-state index is 0.0911. The van der Waals surface area contributed by atoms with Gasteiger partial charge in [-0.2, -0.15) is 4.98 Å². The van der Waals surface area contributed by atoms with Crippen LogP contribution in [0.2, 0.25) is 0 Å². The van der Waals surface area contributed by atoms with E-state index in [0.29, 0.717) is 43.4 Å². The summed E-state index contributed by atoms with van der Waals surface area (Å²) < 4.78 is 5.24. The van der Waals surface area contributed by atoms with Crippen LogP contribution >= 0.6 is 11.3 Å². The second-order valence-electron chi connectivity index (χ2n) is 5.94. The lowest BCUT2D eigenvalue weighted by molar-refractivity contribution is -0.122. The molecule has 2 heterocycles. The summed E-state index contributed by atoms with van der Waals surface area (Å²) in [6.07, 6.45) is 5.12. The van der Waals surface area contributed by atoms with Gasteiger partial charge in [0.1, 0.15) is 0 Å². The monoisotopic (exact) mass is 334 g/mol. The molecule has 0 aromatic carbocycles. The largest absolute Gasteiger partial charge is 0.353 e. The summed E-state index contributed by atoms with van der Waals surface area (Å²) in [6.45, 7) is 0.651. The van der Waals surface area contributed by atoms with Gasteiger partial charge in [0.2, 0.25) is 17.6 Å². The SMILES string of the molecule is NCC1CCCC1NC(=O)CCCc1nc(-c2cccs2)no1. The van der Waals surface area contributed by atoms with E-state index in [2.05, 4.69) is 15.5 Å². The third-order valence-corrected chi connectivity index (χ3v) is 5.18. The van der Waals surface area contributed by atoms with Crippen LogP contribution in [-0.2, 0) is 11.2 Å². The minimum Gasteiger partial charge on any atom is -0.353 e. The number of hydrogen-bond donors (Lipinski definition) is 2. The van der Waals surface area contributed by atoms with E-state index in [-0.39, 0.29) is 11.9 Å². The van der Waals surface area contributed by atoms with Crippen molar-refractivity contribution in [2.45, 2.75) is 44.6 Å². The normalized spacial score (nSPS) is 20.7. The van der Waals surface area contributed by atoms with Gasteiger partial charge in [-0.15, -0.1) is 11.3 Å². The molecule has 1 aliphatic rings. The molecule has 124 valence electrons. The second-order valence-corrected chi connectivity index (χ2v) is 6.89. The molecule has 3 rings (SSSR count). The van der Waals surface area contributed by atoms with Crippen molar-refractivity contribution in [1.29, 1.82) is 0 Å². The van der Waals surface area contributed by atoms with Gasteiger partial charge in [0.05, 0.1) is 4.88 Å². The van der Waals surface area contributed by atoms with Crippen LogP contribution in [0.3, 0.4) is 0 Å². The van der Waals surface area contributed by atoms with Crippen LogP contribution in [0.25, 0.3) is 10.7 Å². The van der Waals surface area contributed by atoms with Crippen molar-refractivity contribution < 1.29 is 9.32 Å². The molecule has 2 aromatic heterocycles. The molecule has 1 aliphatic carbocycles. The van der Waals surface area contributed by atoms with Crippen molar-refractivity contribution in [2.24, 2.45) is 11.7 Å². The van der Waals surface area contributed by atoms with Gasteiger partial charge in [0.25, 0.3) is 0 Å². The van der Waals surface area contributed by atoms with Crippen molar-refractivity contribution in [3.63, 3.8) is 0 Å². The van der Waals surface area contributed by atoms with E-state index >= 15 is 0 Å². The zero-order valence-corrected chi connectivity index (χ0v) is 13.8. The van der Waals surface area contributed by atoms with E-state index in [1.807, 2.05) is 17.5 Å². The molecule has 7 heteroatoms. The molecule has 1 amide bonds. The van der Waals surface area contributed by atoms with Crippen molar-refractivity contribution in [1.82, 2.24) is 15.5 Å². The summed E-state index contributed by atoms with van der Waals surface area (Å²) in [5.74, 6) is 1.73. The lowest BCUT2D eigenvalue weighted by Gasteiger charge is -2.19. The van der Waals surface area contributed by atoms with Gasteiger partial charge in [0.15, 0.2) is 0 Å². The molecule has 1 saturated carbocycles. The average molecular weight is 334 g/mol. The van der Waals surface area contributed by atoms with Crippen molar-refractivity contribution in [3.05, 3.63) is 23.4 Å². The summed E-state index contributed by atoms with van der Waals surface area (Å²) in [5, 5.41) is 9.06. The topological polar surface area (TPSA) is 94.0 Å². The number of amides is 1. The highest BCUT2D eigenvalue weighted by molar-refractivity contribution is 7.13. The number of carbonyl (C=O) groups excluding carboxylic acids is 1. The summed E-state index contributed by atoms with van der Waals surface area (Å²) in [7, 11) is 0. The fraction of sp³-hybridized carbons (Fsp3) is 0.562. The predicted octanol–water partition coefficient (Wildman–Crippen LogP) is 2.36. The first-order chi connectivity index (χ1) is 11.3. The number of nitrogens with one attached hydrogen (secondary N) is 1. The highest BCUT2D eigenvalue weighted by atomic mass is 32.1. The fourth-order valence-electron chi connectivity index (χ4n) is 3.05. The number of nitrogens with zero attached hydrogens (tertiary/aromatic N) is 2. The molecular weight excluding hydrogens is 312 g/mol. The van der Waals surface area contributed by atoms with E-state index < -0.39 is 0 Å². The van der Waals surface area contributed by atoms with Gasteiger partial charge >= 0.3 is 0 Å². The van der Waals surface area contributed by atoms with Crippen LogP contribution in [0.1, 0.15) is 38.0 Å². The van der Waals surface area contributed by atoms with Crippen LogP contribution < -0.4 is 11.1 Å². The Hall–Kier alpha value is -1.73. The zero-order valence-electron chi connectivity index (χ0n) is 13.0. The van der Waals surface area contributed by atoms with Crippen molar-refractivity contribution >= 4 is 17.2 Å². The molecule has 0 bridgehead atoms. The Labute approximate surface area is 139 Å². The number of rotatable bonds is 7. The molecule has 0 radical (unpaired) electrons. The Morgan fingerprint density at radius 3 is 3.17 bits per heavy atom. The van der Waals surface area contributed by atoms with Crippen LogP contribution in [0.4, 0.5) is 0 Å². The van der Waals surface area contributed by atoms with E-state index in [4.69, 9.17) is 10.3 Å². The molecule has 0 saturated heterocycles. The van der Waals surface area contributed by atoms with E-state index in [9.17, 15) is 4.79 Å². The van der Waals surface area contributed by atoms with Gasteiger partial charge in [-0.3, -0.25) is 4.79 Å². The van der Waals surface area contributed by atoms with Gasteiger partial charge in [-0.1, -0.05) is 17.6 Å². The van der Waals surface area contributed by atoms with E-state index in [0.717, 1.165) is 24.1 Å². The molecule has 2 aromatic rings.